The van der Waals surface area contributed by atoms with Gasteiger partial charge in [-0.1, -0.05) is 11.6 Å². The van der Waals surface area contributed by atoms with Gasteiger partial charge in [-0.15, -0.1) is 0 Å². The number of nitrogens with zero attached hydrogens (tertiary/aromatic N) is 2. The number of ether oxygens (including phenoxy) is 3. The van der Waals surface area contributed by atoms with Crippen molar-refractivity contribution in [2.24, 2.45) is 4.99 Å². The Balaban J connectivity index is 1.86. The summed E-state index contributed by atoms with van der Waals surface area (Å²) < 4.78 is 16.3. The summed E-state index contributed by atoms with van der Waals surface area (Å²) in [7, 11) is 3.27. The number of hydrogen-bond acceptors (Lipinski definition) is 5. The fourth-order valence-electron chi connectivity index (χ4n) is 2.73. The highest BCUT2D eigenvalue weighted by Gasteiger charge is 2.13. The third-order valence-electron chi connectivity index (χ3n) is 4.08. The fraction of sp³-hybridized carbons (Fsp3) is 0.316. The van der Waals surface area contributed by atoms with E-state index >= 15 is 0 Å². The lowest BCUT2D eigenvalue weighted by molar-refractivity contribution is 0.122. The largest absolute Gasteiger partial charge is 0.496 e. The van der Waals surface area contributed by atoms with Gasteiger partial charge in [0, 0.05) is 41.6 Å². The van der Waals surface area contributed by atoms with Gasteiger partial charge in [-0.2, -0.15) is 0 Å². The van der Waals surface area contributed by atoms with Crippen molar-refractivity contribution < 1.29 is 14.2 Å². The van der Waals surface area contributed by atoms with Gasteiger partial charge >= 0.3 is 0 Å². The molecule has 0 aliphatic carbocycles. The van der Waals surface area contributed by atoms with Crippen LogP contribution in [0.5, 0.6) is 11.5 Å². The molecule has 3 rings (SSSR count). The predicted molar refractivity (Wildman–Crippen MR) is 101 cm³/mol. The molecule has 1 aliphatic rings. The second kappa shape index (κ2) is 8.23. The second-order valence-corrected chi connectivity index (χ2v) is 6.04. The van der Waals surface area contributed by atoms with Crippen LogP contribution in [-0.4, -0.2) is 46.7 Å². The lowest BCUT2D eigenvalue weighted by atomic mass is 10.1. The molecule has 0 amide bonds. The average Bonchev–Trinajstić information content (AvgIpc) is 2.67. The first kappa shape index (κ1) is 17.6. The highest BCUT2D eigenvalue weighted by Crippen LogP contribution is 2.31. The zero-order valence-corrected chi connectivity index (χ0v) is 15.1. The van der Waals surface area contributed by atoms with Crippen LogP contribution in [0.1, 0.15) is 5.56 Å². The maximum absolute atomic E-state index is 6.05. The van der Waals surface area contributed by atoms with Gasteiger partial charge in [0.1, 0.15) is 17.2 Å². The lowest BCUT2D eigenvalue weighted by Gasteiger charge is -2.29. The van der Waals surface area contributed by atoms with E-state index in [4.69, 9.17) is 25.8 Å². The van der Waals surface area contributed by atoms with E-state index in [1.165, 1.54) is 0 Å². The number of morpholine rings is 1. The number of benzene rings is 2. The molecular weight excluding hydrogens is 340 g/mol. The Morgan fingerprint density at radius 2 is 1.80 bits per heavy atom. The molecule has 0 atom stereocenters. The van der Waals surface area contributed by atoms with Crippen LogP contribution < -0.4 is 14.4 Å². The van der Waals surface area contributed by atoms with Gasteiger partial charge in [0.15, 0.2) is 0 Å². The maximum atomic E-state index is 6.05. The molecule has 25 heavy (non-hydrogen) atoms. The topological polar surface area (TPSA) is 43.3 Å². The van der Waals surface area contributed by atoms with Crippen molar-refractivity contribution in [3.8, 4) is 11.5 Å². The molecule has 0 aromatic heterocycles. The molecule has 0 unspecified atom stereocenters. The number of hydrogen-bond donors (Lipinski definition) is 0. The highest BCUT2D eigenvalue weighted by atomic mass is 35.5. The Bertz CT molecular complexity index is 758. The van der Waals surface area contributed by atoms with Crippen LogP contribution in [0.25, 0.3) is 0 Å². The summed E-state index contributed by atoms with van der Waals surface area (Å²) in [6.07, 6.45) is 1.76. The summed E-state index contributed by atoms with van der Waals surface area (Å²) in [5.41, 5.74) is 2.69. The van der Waals surface area contributed by atoms with Gasteiger partial charge < -0.3 is 19.1 Å². The van der Waals surface area contributed by atoms with Gasteiger partial charge in [-0.25, -0.2) is 0 Å². The van der Waals surface area contributed by atoms with Crippen molar-refractivity contribution in [2.45, 2.75) is 0 Å². The number of methoxy groups -OCH3 is 2. The summed E-state index contributed by atoms with van der Waals surface area (Å²) in [6, 6.07) is 11.5. The van der Waals surface area contributed by atoms with E-state index in [1.807, 2.05) is 12.1 Å². The number of anilines is 1. The van der Waals surface area contributed by atoms with Crippen molar-refractivity contribution in [3.63, 3.8) is 0 Å². The van der Waals surface area contributed by atoms with E-state index in [0.717, 1.165) is 43.3 Å². The fourth-order valence-corrected chi connectivity index (χ4v) is 2.89. The van der Waals surface area contributed by atoms with E-state index in [9.17, 15) is 0 Å². The normalized spacial score (nSPS) is 14.8. The Hall–Kier alpha value is -2.24. The molecule has 0 radical (unpaired) electrons. The van der Waals surface area contributed by atoms with Gasteiger partial charge in [0.05, 0.1) is 27.4 Å². The SMILES string of the molecule is COc1cc(N2CCOCC2)ccc1C=Nc1cc(Cl)ccc1OC. The third kappa shape index (κ3) is 4.24. The Morgan fingerprint density at radius 3 is 2.52 bits per heavy atom. The zero-order valence-electron chi connectivity index (χ0n) is 14.4. The van der Waals surface area contributed by atoms with Gasteiger partial charge in [0.2, 0.25) is 0 Å². The summed E-state index contributed by atoms with van der Waals surface area (Å²) in [6.45, 7) is 3.27. The molecule has 0 saturated carbocycles. The summed E-state index contributed by atoms with van der Waals surface area (Å²) >= 11 is 6.05. The van der Waals surface area contributed by atoms with Crippen LogP contribution in [0, 0.1) is 0 Å². The van der Waals surface area contributed by atoms with Crippen LogP contribution >= 0.6 is 11.6 Å². The predicted octanol–water partition coefficient (Wildman–Crippen LogP) is 3.94. The van der Waals surface area contributed by atoms with Gasteiger partial charge in [0.25, 0.3) is 0 Å². The first-order valence-electron chi connectivity index (χ1n) is 8.09. The molecule has 1 saturated heterocycles. The standard InChI is InChI=1S/C19H21ClN2O3/c1-23-18-6-4-15(20)11-17(18)21-13-14-3-5-16(12-19(14)24-2)22-7-9-25-10-8-22/h3-6,11-13H,7-10H2,1-2H3. The molecule has 0 bridgehead atoms. The Labute approximate surface area is 152 Å². The minimum absolute atomic E-state index is 0.614. The molecule has 1 aliphatic heterocycles. The monoisotopic (exact) mass is 360 g/mol. The molecule has 132 valence electrons. The first-order valence-corrected chi connectivity index (χ1v) is 8.47. The van der Waals surface area contributed by atoms with Gasteiger partial charge in [-0.3, -0.25) is 4.99 Å². The van der Waals surface area contributed by atoms with E-state index in [1.54, 1.807) is 38.6 Å². The quantitative estimate of drug-likeness (QED) is 0.757. The molecule has 2 aromatic rings. The zero-order chi connectivity index (χ0) is 17.6. The molecular formula is C19H21ClN2O3. The molecule has 0 N–H and O–H groups in total. The average molecular weight is 361 g/mol. The number of rotatable bonds is 5. The van der Waals surface area contributed by atoms with E-state index in [-0.39, 0.29) is 0 Å². The van der Waals surface area contributed by atoms with Crippen LogP contribution in [0.15, 0.2) is 41.4 Å². The van der Waals surface area contributed by atoms with Crippen molar-refractivity contribution >= 4 is 29.2 Å². The number of aliphatic imine (C=N–C) groups is 1. The first-order chi connectivity index (χ1) is 12.2. The van der Waals surface area contributed by atoms with E-state index < -0.39 is 0 Å². The summed E-state index contributed by atoms with van der Waals surface area (Å²) in [4.78, 5) is 6.80. The smallest absolute Gasteiger partial charge is 0.144 e. The van der Waals surface area contributed by atoms with Crippen LogP contribution in [0.3, 0.4) is 0 Å². The molecule has 1 heterocycles. The second-order valence-electron chi connectivity index (χ2n) is 5.60. The molecule has 1 fully saturated rings. The molecule has 6 heteroatoms. The van der Waals surface area contributed by atoms with E-state index in [2.05, 4.69) is 16.0 Å². The molecule has 5 nitrogen and oxygen atoms in total. The van der Waals surface area contributed by atoms with Crippen LogP contribution in [-0.2, 0) is 4.74 Å². The summed E-state index contributed by atoms with van der Waals surface area (Å²) in [5, 5.41) is 0.614. The van der Waals surface area contributed by atoms with Gasteiger partial charge in [-0.05, 0) is 30.3 Å². The molecule has 2 aromatic carbocycles. The third-order valence-corrected chi connectivity index (χ3v) is 4.31. The van der Waals surface area contributed by atoms with Crippen molar-refractivity contribution in [1.82, 2.24) is 0 Å². The van der Waals surface area contributed by atoms with Crippen molar-refractivity contribution in [3.05, 3.63) is 47.0 Å². The highest BCUT2D eigenvalue weighted by molar-refractivity contribution is 6.30. The van der Waals surface area contributed by atoms with Crippen molar-refractivity contribution in [2.75, 3.05) is 45.4 Å². The van der Waals surface area contributed by atoms with Crippen molar-refractivity contribution in [1.29, 1.82) is 0 Å². The number of halogens is 1. The van der Waals surface area contributed by atoms with E-state index in [0.29, 0.717) is 16.5 Å². The lowest BCUT2D eigenvalue weighted by Crippen LogP contribution is -2.36. The Morgan fingerprint density at radius 1 is 1.04 bits per heavy atom. The maximum Gasteiger partial charge on any atom is 0.144 e. The minimum atomic E-state index is 0.614. The van der Waals surface area contributed by atoms with Crippen LogP contribution in [0.2, 0.25) is 5.02 Å². The molecule has 0 spiro atoms. The summed E-state index contributed by atoms with van der Waals surface area (Å²) in [5.74, 6) is 1.44. The Kier molecular flexibility index (Phi) is 5.79. The minimum Gasteiger partial charge on any atom is -0.496 e. The van der Waals surface area contributed by atoms with Crippen LogP contribution in [0.4, 0.5) is 11.4 Å².